The highest BCUT2D eigenvalue weighted by Crippen LogP contribution is 2.39. The van der Waals surface area contributed by atoms with E-state index >= 15 is 0 Å². The Morgan fingerprint density at radius 2 is 2.13 bits per heavy atom. The molecule has 0 radical (unpaired) electrons. The Kier molecular flexibility index (Phi) is 4.35. The van der Waals surface area contributed by atoms with E-state index in [-0.39, 0.29) is 12.1 Å². The van der Waals surface area contributed by atoms with Crippen molar-refractivity contribution in [1.29, 1.82) is 0 Å². The van der Waals surface area contributed by atoms with Gasteiger partial charge in [-0.05, 0) is 44.9 Å². The van der Waals surface area contributed by atoms with Crippen LogP contribution in [-0.4, -0.2) is 23.3 Å². The minimum Gasteiger partial charge on any atom is -0.394 e. The molecule has 1 fully saturated rings. The zero-order chi connectivity index (χ0) is 11.5. The number of aliphatic hydroxyl groups is 1. The molecule has 15 heavy (non-hydrogen) atoms. The molecule has 0 saturated heterocycles. The highest BCUT2D eigenvalue weighted by Gasteiger charge is 2.41. The first-order valence-corrected chi connectivity index (χ1v) is 6.03. The van der Waals surface area contributed by atoms with Crippen LogP contribution in [0.1, 0.15) is 40.0 Å². The summed E-state index contributed by atoms with van der Waals surface area (Å²) >= 11 is 0. The molecule has 0 aliphatic heterocycles. The molecule has 1 rings (SSSR count). The van der Waals surface area contributed by atoms with Crippen molar-refractivity contribution in [2.75, 3.05) is 6.61 Å². The number of aliphatic hydroxyl groups excluding tert-OH is 1. The Morgan fingerprint density at radius 3 is 2.53 bits per heavy atom. The molecule has 2 heteroatoms. The van der Waals surface area contributed by atoms with Crippen LogP contribution >= 0.6 is 0 Å². The molecule has 1 saturated carbocycles. The van der Waals surface area contributed by atoms with Crippen molar-refractivity contribution in [1.82, 2.24) is 5.32 Å². The maximum atomic E-state index is 9.47. The van der Waals surface area contributed by atoms with Crippen LogP contribution in [0.25, 0.3) is 0 Å². The van der Waals surface area contributed by atoms with E-state index in [0.717, 1.165) is 6.42 Å². The molecule has 0 aromatic heterocycles. The summed E-state index contributed by atoms with van der Waals surface area (Å²) < 4.78 is 0. The van der Waals surface area contributed by atoms with Crippen molar-refractivity contribution < 1.29 is 5.11 Å². The molecule has 0 amide bonds. The second kappa shape index (κ2) is 5.13. The van der Waals surface area contributed by atoms with Gasteiger partial charge in [-0.1, -0.05) is 13.0 Å². The van der Waals surface area contributed by atoms with Crippen molar-refractivity contribution in [3.8, 4) is 0 Å². The van der Waals surface area contributed by atoms with Crippen LogP contribution in [0.5, 0.6) is 0 Å². The fraction of sp³-hybridized carbons (Fsp3) is 0.846. The Morgan fingerprint density at radius 1 is 1.53 bits per heavy atom. The number of hydrogen-bond donors (Lipinski definition) is 2. The van der Waals surface area contributed by atoms with Gasteiger partial charge in [0.25, 0.3) is 0 Å². The maximum absolute atomic E-state index is 9.47. The van der Waals surface area contributed by atoms with Gasteiger partial charge in [0.1, 0.15) is 0 Å². The van der Waals surface area contributed by atoms with Gasteiger partial charge in [0.2, 0.25) is 0 Å². The predicted octanol–water partition coefficient (Wildman–Crippen LogP) is 2.34. The van der Waals surface area contributed by atoms with Crippen LogP contribution in [0.2, 0.25) is 0 Å². The van der Waals surface area contributed by atoms with Gasteiger partial charge in [0.05, 0.1) is 6.61 Å². The molecule has 2 N–H and O–H groups in total. The molecular formula is C13H25NO. The molecule has 1 aliphatic rings. The lowest BCUT2D eigenvalue weighted by Crippen LogP contribution is -2.53. The van der Waals surface area contributed by atoms with Gasteiger partial charge >= 0.3 is 0 Å². The van der Waals surface area contributed by atoms with Gasteiger partial charge < -0.3 is 10.4 Å². The Hall–Kier alpha value is -0.340. The lowest BCUT2D eigenvalue weighted by Gasteiger charge is -2.35. The van der Waals surface area contributed by atoms with Crippen LogP contribution in [-0.2, 0) is 0 Å². The third-order valence-corrected chi connectivity index (χ3v) is 3.76. The van der Waals surface area contributed by atoms with Crippen molar-refractivity contribution in [3.05, 3.63) is 12.7 Å². The minimum absolute atomic E-state index is 0.0746. The molecule has 1 aliphatic carbocycles. The standard InChI is InChI=1S/C13H25NO/c1-5-6-10(2)11(3)14-13(4,9-15)12-7-8-12/h5,10-12,14-15H,1,6-9H2,2-4H3. The molecule has 0 bridgehead atoms. The van der Waals surface area contributed by atoms with Crippen molar-refractivity contribution in [2.24, 2.45) is 11.8 Å². The van der Waals surface area contributed by atoms with Crippen LogP contribution in [0.3, 0.4) is 0 Å². The van der Waals surface area contributed by atoms with Crippen LogP contribution in [0.15, 0.2) is 12.7 Å². The first-order chi connectivity index (χ1) is 7.03. The van der Waals surface area contributed by atoms with Gasteiger partial charge in [0, 0.05) is 11.6 Å². The number of hydrogen-bond acceptors (Lipinski definition) is 2. The van der Waals surface area contributed by atoms with Gasteiger partial charge in [-0.25, -0.2) is 0 Å². The van der Waals surface area contributed by atoms with E-state index in [1.165, 1.54) is 12.8 Å². The first-order valence-electron chi connectivity index (χ1n) is 6.03. The van der Waals surface area contributed by atoms with Crippen molar-refractivity contribution >= 4 is 0 Å². The summed E-state index contributed by atoms with van der Waals surface area (Å²) in [6, 6.07) is 0.431. The van der Waals surface area contributed by atoms with Gasteiger partial charge in [-0.2, -0.15) is 0 Å². The van der Waals surface area contributed by atoms with E-state index in [1.807, 2.05) is 6.08 Å². The van der Waals surface area contributed by atoms with Gasteiger partial charge in [-0.3, -0.25) is 0 Å². The summed E-state index contributed by atoms with van der Waals surface area (Å²) in [6.45, 7) is 10.6. The fourth-order valence-corrected chi connectivity index (χ4v) is 2.14. The first kappa shape index (κ1) is 12.7. The van der Waals surface area contributed by atoms with Gasteiger partial charge in [0.15, 0.2) is 0 Å². The normalized spacial score (nSPS) is 24.3. The Bertz CT molecular complexity index is 213. The summed E-state index contributed by atoms with van der Waals surface area (Å²) in [4.78, 5) is 0. The van der Waals surface area contributed by atoms with E-state index in [9.17, 15) is 5.11 Å². The molecule has 3 unspecified atom stereocenters. The molecule has 0 spiro atoms. The van der Waals surface area contributed by atoms with Gasteiger partial charge in [-0.15, -0.1) is 6.58 Å². The summed E-state index contributed by atoms with van der Waals surface area (Å²) in [5.74, 6) is 1.24. The molecular weight excluding hydrogens is 186 g/mol. The number of nitrogens with one attached hydrogen (secondary N) is 1. The highest BCUT2D eigenvalue weighted by molar-refractivity contribution is 4.99. The Labute approximate surface area is 93.8 Å². The topological polar surface area (TPSA) is 32.3 Å². The third kappa shape index (κ3) is 3.32. The Balaban J connectivity index is 2.46. The van der Waals surface area contributed by atoms with Crippen molar-refractivity contribution in [2.45, 2.75) is 51.6 Å². The predicted molar refractivity (Wildman–Crippen MR) is 64.8 cm³/mol. The van der Waals surface area contributed by atoms with E-state index in [0.29, 0.717) is 17.9 Å². The number of rotatable bonds is 7. The molecule has 0 aromatic carbocycles. The summed E-state index contributed by atoms with van der Waals surface area (Å²) in [7, 11) is 0. The molecule has 3 atom stereocenters. The third-order valence-electron chi connectivity index (χ3n) is 3.76. The van der Waals surface area contributed by atoms with E-state index in [4.69, 9.17) is 0 Å². The lowest BCUT2D eigenvalue weighted by molar-refractivity contribution is 0.134. The average molecular weight is 211 g/mol. The minimum atomic E-state index is -0.0746. The lowest BCUT2D eigenvalue weighted by atomic mass is 9.92. The average Bonchev–Trinajstić information content (AvgIpc) is 3.01. The monoisotopic (exact) mass is 211 g/mol. The molecule has 0 heterocycles. The van der Waals surface area contributed by atoms with E-state index in [1.54, 1.807) is 0 Å². The largest absolute Gasteiger partial charge is 0.394 e. The maximum Gasteiger partial charge on any atom is 0.0613 e. The zero-order valence-corrected chi connectivity index (χ0v) is 10.3. The zero-order valence-electron chi connectivity index (χ0n) is 10.3. The van der Waals surface area contributed by atoms with Crippen LogP contribution in [0.4, 0.5) is 0 Å². The smallest absolute Gasteiger partial charge is 0.0613 e. The highest BCUT2D eigenvalue weighted by atomic mass is 16.3. The molecule has 0 aromatic rings. The quantitative estimate of drug-likeness (QED) is 0.634. The second-order valence-electron chi connectivity index (χ2n) is 5.28. The molecule has 88 valence electrons. The summed E-state index contributed by atoms with van der Waals surface area (Å²) in [5, 5.41) is 13.1. The second-order valence-corrected chi connectivity index (χ2v) is 5.28. The number of allylic oxidation sites excluding steroid dienone is 1. The molecule has 2 nitrogen and oxygen atoms in total. The summed E-state index contributed by atoms with van der Waals surface area (Å²) in [6.07, 6.45) is 5.51. The van der Waals surface area contributed by atoms with Crippen LogP contribution in [0, 0.1) is 11.8 Å². The van der Waals surface area contributed by atoms with Crippen molar-refractivity contribution in [3.63, 3.8) is 0 Å². The fourth-order valence-electron chi connectivity index (χ4n) is 2.14. The van der Waals surface area contributed by atoms with E-state index in [2.05, 4.69) is 32.7 Å². The summed E-state index contributed by atoms with van der Waals surface area (Å²) in [5.41, 5.74) is -0.0746. The van der Waals surface area contributed by atoms with E-state index < -0.39 is 0 Å². The SMILES string of the molecule is C=CCC(C)C(C)NC(C)(CO)C1CC1. The van der Waals surface area contributed by atoms with Crippen LogP contribution < -0.4 is 5.32 Å².